The lowest BCUT2D eigenvalue weighted by molar-refractivity contribution is -0.123. The molecule has 2 N–H and O–H groups in total. The normalized spacial score (nSPS) is 13.1. The molecule has 1 aliphatic rings. The number of ether oxygens (including phenoxy) is 1. The van der Waals surface area contributed by atoms with Crippen molar-refractivity contribution in [1.82, 2.24) is 15.5 Å². The van der Waals surface area contributed by atoms with Crippen LogP contribution in [0, 0.1) is 0 Å². The van der Waals surface area contributed by atoms with Crippen molar-refractivity contribution < 1.29 is 33.1 Å². The fourth-order valence-corrected chi connectivity index (χ4v) is 2.87. The van der Waals surface area contributed by atoms with Gasteiger partial charge in [0.15, 0.2) is 6.61 Å². The highest BCUT2D eigenvalue weighted by Gasteiger charge is 2.36. The summed E-state index contributed by atoms with van der Waals surface area (Å²) in [5.74, 6) is -2.31. The van der Waals surface area contributed by atoms with E-state index in [9.17, 15) is 24.0 Å². The second-order valence-electron chi connectivity index (χ2n) is 7.86. The molecule has 162 valence electrons. The third-order valence-electron chi connectivity index (χ3n) is 4.18. The minimum atomic E-state index is -0.876. The molecule has 0 radical (unpaired) electrons. The summed E-state index contributed by atoms with van der Waals surface area (Å²) in [4.78, 5) is 61.8. The van der Waals surface area contributed by atoms with Crippen LogP contribution in [0.3, 0.4) is 0 Å². The van der Waals surface area contributed by atoms with Crippen molar-refractivity contribution in [2.45, 2.75) is 32.9 Å². The van der Waals surface area contributed by atoms with Gasteiger partial charge in [-0.15, -0.1) is 0 Å². The van der Waals surface area contributed by atoms with Gasteiger partial charge < -0.3 is 14.5 Å². The van der Waals surface area contributed by atoms with Gasteiger partial charge in [-0.2, -0.15) is 0 Å². The number of amides is 5. The molecule has 5 amide bonds. The molecule has 0 aliphatic carbocycles. The third kappa shape index (κ3) is 5.16. The van der Waals surface area contributed by atoms with Crippen molar-refractivity contribution in [1.29, 1.82) is 0 Å². The zero-order chi connectivity index (χ0) is 22.8. The number of imide groups is 2. The lowest BCUT2D eigenvalue weighted by Crippen LogP contribution is -2.49. The monoisotopic (exact) mass is 427 g/mol. The lowest BCUT2D eigenvalue weighted by Gasteiger charge is -2.20. The van der Waals surface area contributed by atoms with E-state index in [1.165, 1.54) is 24.5 Å². The maximum atomic E-state index is 12.6. The van der Waals surface area contributed by atoms with Crippen molar-refractivity contribution in [2.75, 3.05) is 6.61 Å². The molecule has 3 rings (SSSR count). The quantitative estimate of drug-likeness (QED) is 0.549. The first kappa shape index (κ1) is 21.8. The van der Waals surface area contributed by atoms with Gasteiger partial charge in [0, 0.05) is 5.54 Å². The number of benzene rings is 1. The van der Waals surface area contributed by atoms with E-state index in [1.807, 2.05) is 5.32 Å². The number of hydrogen-bond donors (Lipinski definition) is 2. The molecule has 0 atom stereocenters. The fraction of sp³-hybridized carbons (Fsp3) is 0.286. The first-order chi connectivity index (χ1) is 14.5. The summed E-state index contributed by atoms with van der Waals surface area (Å²) in [6.45, 7) is 4.51. The number of esters is 1. The highest BCUT2D eigenvalue weighted by Crippen LogP contribution is 2.26. The zero-order valence-electron chi connectivity index (χ0n) is 17.2. The van der Waals surface area contributed by atoms with E-state index in [2.05, 4.69) is 5.32 Å². The molecule has 0 unspecified atom stereocenters. The Morgan fingerprint density at radius 3 is 2.42 bits per heavy atom. The summed E-state index contributed by atoms with van der Waals surface area (Å²) in [5, 5.41) is 4.58. The minimum absolute atomic E-state index is 0.00769. The molecule has 0 saturated carbocycles. The summed E-state index contributed by atoms with van der Waals surface area (Å²) in [6.07, 6.45) is 1.44. The molecule has 0 fully saturated rings. The molecule has 0 saturated heterocycles. The van der Waals surface area contributed by atoms with Crippen LogP contribution < -0.4 is 10.6 Å². The summed E-state index contributed by atoms with van der Waals surface area (Å²) < 4.78 is 10.1. The van der Waals surface area contributed by atoms with E-state index >= 15 is 0 Å². The van der Waals surface area contributed by atoms with Crippen LogP contribution in [0.15, 0.2) is 41.0 Å². The van der Waals surface area contributed by atoms with Crippen LogP contribution in [0.25, 0.3) is 0 Å². The lowest BCUT2D eigenvalue weighted by atomic mass is 10.1. The molecule has 1 aliphatic heterocycles. The molecule has 10 heteroatoms. The highest BCUT2D eigenvalue weighted by molar-refractivity contribution is 6.21. The van der Waals surface area contributed by atoms with Crippen LogP contribution in [0.4, 0.5) is 4.79 Å². The van der Waals surface area contributed by atoms with Crippen molar-refractivity contribution in [3.05, 3.63) is 59.0 Å². The number of carbonyl (C=O) groups is 5. The molecule has 1 aromatic carbocycles. The summed E-state index contributed by atoms with van der Waals surface area (Å²) in [7, 11) is 0. The second kappa shape index (κ2) is 8.42. The third-order valence-corrected chi connectivity index (χ3v) is 4.18. The molecule has 0 bridgehead atoms. The van der Waals surface area contributed by atoms with Crippen LogP contribution in [0.2, 0.25) is 0 Å². The Kier molecular flexibility index (Phi) is 5.91. The van der Waals surface area contributed by atoms with Gasteiger partial charge >= 0.3 is 12.0 Å². The van der Waals surface area contributed by atoms with E-state index in [4.69, 9.17) is 9.15 Å². The van der Waals surface area contributed by atoms with E-state index in [1.54, 1.807) is 32.9 Å². The Labute approximate surface area is 177 Å². The summed E-state index contributed by atoms with van der Waals surface area (Å²) in [6, 6.07) is 6.48. The van der Waals surface area contributed by atoms with Crippen molar-refractivity contribution in [3.63, 3.8) is 0 Å². The Hall–Kier alpha value is -3.95. The summed E-state index contributed by atoms with van der Waals surface area (Å²) in [5.41, 5.74) is -0.336. The number of urea groups is 1. The van der Waals surface area contributed by atoms with Crippen LogP contribution in [0.5, 0.6) is 0 Å². The first-order valence-electron chi connectivity index (χ1n) is 9.37. The van der Waals surface area contributed by atoms with E-state index in [0.717, 1.165) is 4.90 Å². The summed E-state index contributed by atoms with van der Waals surface area (Å²) >= 11 is 0. The van der Waals surface area contributed by atoms with Gasteiger partial charge in [0.2, 0.25) is 0 Å². The Morgan fingerprint density at radius 1 is 1.06 bits per heavy atom. The average molecular weight is 427 g/mol. The molecule has 2 heterocycles. The van der Waals surface area contributed by atoms with E-state index in [-0.39, 0.29) is 23.2 Å². The highest BCUT2D eigenvalue weighted by atomic mass is 16.5. The fourth-order valence-electron chi connectivity index (χ4n) is 2.87. The van der Waals surface area contributed by atoms with Gasteiger partial charge in [0.25, 0.3) is 17.7 Å². The molecule has 0 spiro atoms. The van der Waals surface area contributed by atoms with Crippen LogP contribution in [0.1, 0.15) is 57.6 Å². The first-order valence-corrected chi connectivity index (χ1v) is 9.37. The minimum Gasteiger partial charge on any atom is -0.467 e. The number of nitrogens with one attached hydrogen (secondary N) is 2. The van der Waals surface area contributed by atoms with Gasteiger partial charge in [-0.3, -0.25) is 24.6 Å². The molecular formula is C21H21N3O7. The number of carbonyl (C=O) groups excluding carboxylic acids is 5. The SMILES string of the molecule is CC(C)(C)NC(=O)NC(=O)COC(=O)c1ccc2c(c1)C(=O)N(Cc1ccco1)C2=O. The average Bonchev–Trinajstić information content (AvgIpc) is 3.27. The van der Waals surface area contributed by atoms with Gasteiger partial charge in [-0.25, -0.2) is 9.59 Å². The molecule has 1 aromatic heterocycles. The van der Waals surface area contributed by atoms with Gasteiger partial charge in [0.05, 0.1) is 29.5 Å². The predicted octanol–water partition coefficient (Wildman–Crippen LogP) is 1.86. The van der Waals surface area contributed by atoms with Gasteiger partial charge in [-0.05, 0) is 51.1 Å². The van der Waals surface area contributed by atoms with Crippen molar-refractivity contribution in [3.8, 4) is 0 Å². The molecular weight excluding hydrogens is 406 g/mol. The molecule has 2 aromatic rings. The Bertz CT molecular complexity index is 1050. The van der Waals surface area contributed by atoms with Crippen LogP contribution >= 0.6 is 0 Å². The Morgan fingerprint density at radius 2 is 1.77 bits per heavy atom. The van der Waals surface area contributed by atoms with Crippen LogP contribution in [-0.4, -0.2) is 46.8 Å². The molecule has 10 nitrogen and oxygen atoms in total. The maximum absolute atomic E-state index is 12.6. The smallest absolute Gasteiger partial charge is 0.338 e. The van der Waals surface area contributed by atoms with E-state index in [0.29, 0.717) is 5.76 Å². The van der Waals surface area contributed by atoms with Gasteiger partial charge in [0.1, 0.15) is 5.76 Å². The topological polar surface area (TPSA) is 135 Å². The maximum Gasteiger partial charge on any atom is 0.338 e. The zero-order valence-corrected chi connectivity index (χ0v) is 17.2. The van der Waals surface area contributed by atoms with Gasteiger partial charge in [-0.1, -0.05) is 0 Å². The second-order valence-corrected chi connectivity index (χ2v) is 7.86. The van der Waals surface area contributed by atoms with E-state index < -0.39 is 41.9 Å². The standard InChI is InChI=1S/C21H21N3O7/c1-21(2,3)23-20(29)22-16(25)11-31-19(28)12-6-7-14-15(9-12)18(27)24(17(14)26)10-13-5-4-8-30-13/h4-9H,10-11H2,1-3H3,(H2,22,23,25,29). The number of fused-ring (bicyclic) bond motifs is 1. The number of hydrogen-bond acceptors (Lipinski definition) is 7. The largest absolute Gasteiger partial charge is 0.467 e. The molecule has 31 heavy (non-hydrogen) atoms. The predicted molar refractivity (Wildman–Crippen MR) is 106 cm³/mol. The van der Waals surface area contributed by atoms with Crippen molar-refractivity contribution >= 4 is 29.7 Å². The van der Waals surface area contributed by atoms with Crippen LogP contribution in [-0.2, 0) is 16.1 Å². The number of furan rings is 1. The van der Waals surface area contributed by atoms with Crippen molar-refractivity contribution in [2.24, 2.45) is 0 Å². The Balaban J connectivity index is 1.61. The number of nitrogens with zero attached hydrogens (tertiary/aromatic N) is 1. The number of rotatable bonds is 5.